The topological polar surface area (TPSA) is 149 Å². The van der Waals surface area contributed by atoms with E-state index in [4.69, 9.17) is 9.47 Å². The van der Waals surface area contributed by atoms with Gasteiger partial charge in [-0.25, -0.2) is 0 Å². The first-order valence-corrected chi connectivity index (χ1v) is 19.2. The van der Waals surface area contributed by atoms with Crippen molar-refractivity contribution in [2.45, 2.75) is 217 Å². The number of carbonyl (C=O) groups excluding carboxylic acids is 1. The van der Waals surface area contributed by atoms with Gasteiger partial charge in [0.05, 0.1) is 25.4 Å². The van der Waals surface area contributed by atoms with Gasteiger partial charge >= 0.3 is 0 Å². The Bertz CT molecular complexity index is 696. The second-order valence-electron chi connectivity index (χ2n) is 13.7. The van der Waals surface area contributed by atoms with Crippen molar-refractivity contribution < 1.29 is 39.8 Å². The lowest BCUT2D eigenvalue weighted by atomic mass is 9.99. The Morgan fingerprint density at radius 3 is 1.54 bits per heavy atom. The van der Waals surface area contributed by atoms with Crippen LogP contribution in [0, 0.1) is 0 Å². The van der Waals surface area contributed by atoms with Crippen LogP contribution in [0.15, 0.2) is 0 Å². The smallest absolute Gasteiger partial charge is 0.220 e. The van der Waals surface area contributed by atoms with E-state index in [0.29, 0.717) is 12.8 Å². The van der Waals surface area contributed by atoms with Crippen LogP contribution in [0.25, 0.3) is 0 Å². The van der Waals surface area contributed by atoms with Crippen molar-refractivity contribution in [2.24, 2.45) is 0 Å². The van der Waals surface area contributed by atoms with Crippen LogP contribution in [-0.2, 0) is 14.3 Å². The van der Waals surface area contributed by atoms with Crippen molar-refractivity contribution >= 4 is 5.91 Å². The fourth-order valence-corrected chi connectivity index (χ4v) is 6.28. The number of hydrogen-bond donors (Lipinski definition) is 6. The molecule has 1 aliphatic rings. The maximum Gasteiger partial charge on any atom is 0.220 e. The third-order valence-corrected chi connectivity index (χ3v) is 9.46. The molecule has 0 aromatic carbocycles. The average molecular weight is 660 g/mol. The van der Waals surface area contributed by atoms with E-state index >= 15 is 0 Å². The maximum absolute atomic E-state index is 12.7. The van der Waals surface area contributed by atoms with Gasteiger partial charge in [0.25, 0.3) is 0 Å². The van der Waals surface area contributed by atoms with Crippen molar-refractivity contribution in [2.75, 3.05) is 13.2 Å². The van der Waals surface area contributed by atoms with E-state index in [0.717, 1.165) is 38.5 Å². The van der Waals surface area contributed by atoms with Crippen LogP contribution in [0.4, 0.5) is 0 Å². The number of unbranched alkanes of at least 4 members (excludes halogenated alkanes) is 21. The SMILES string of the molecule is CCCCCCCCCCCCCCCCCCCCCCC(=O)NC(COC1OC(CO)C(O)C(O)C1O)C(O)CCCCC. The molecule has 9 heteroatoms. The molecule has 0 aliphatic carbocycles. The van der Waals surface area contributed by atoms with E-state index in [9.17, 15) is 30.3 Å². The number of aliphatic hydroxyl groups is 5. The number of hydrogen-bond acceptors (Lipinski definition) is 8. The Kier molecular flexibility index (Phi) is 27.4. The molecule has 7 unspecified atom stereocenters. The monoisotopic (exact) mass is 660 g/mol. The maximum atomic E-state index is 12.7. The van der Waals surface area contributed by atoms with E-state index in [1.54, 1.807) is 0 Å². The minimum absolute atomic E-state index is 0.138. The van der Waals surface area contributed by atoms with Crippen LogP contribution in [0.1, 0.15) is 174 Å². The first-order valence-electron chi connectivity index (χ1n) is 19.2. The van der Waals surface area contributed by atoms with E-state index in [1.165, 1.54) is 109 Å². The van der Waals surface area contributed by atoms with E-state index in [2.05, 4.69) is 19.2 Å². The van der Waals surface area contributed by atoms with Gasteiger partial charge in [-0.1, -0.05) is 155 Å². The molecule has 1 fully saturated rings. The lowest BCUT2D eigenvalue weighted by Gasteiger charge is -2.40. The molecule has 0 saturated carbocycles. The summed E-state index contributed by atoms with van der Waals surface area (Å²) < 4.78 is 11.1. The van der Waals surface area contributed by atoms with Gasteiger partial charge in [0.1, 0.15) is 24.4 Å². The Hall–Kier alpha value is -0.810. The Balaban J connectivity index is 2.15. The summed E-state index contributed by atoms with van der Waals surface area (Å²) in [6, 6.07) is -0.707. The first kappa shape index (κ1) is 43.2. The molecular formula is C37H73NO8. The Morgan fingerprint density at radius 2 is 1.09 bits per heavy atom. The minimum Gasteiger partial charge on any atom is -0.394 e. The number of nitrogens with one attached hydrogen (secondary N) is 1. The fourth-order valence-electron chi connectivity index (χ4n) is 6.28. The molecule has 0 radical (unpaired) electrons. The lowest BCUT2D eigenvalue weighted by Crippen LogP contribution is -2.60. The van der Waals surface area contributed by atoms with Crippen molar-refractivity contribution in [3.05, 3.63) is 0 Å². The zero-order valence-corrected chi connectivity index (χ0v) is 29.6. The second-order valence-corrected chi connectivity index (χ2v) is 13.7. The molecule has 1 rings (SSSR count). The molecule has 1 heterocycles. The van der Waals surface area contributed by atoms with Crippen LogP contribution in [0.5, 0.6) is 0 Å². The van der Waals surface area contributed by atoms with Crippen molar-refractivity contribution in [3.8, 4) is 0 Å². The molecule has 1 amide bonds. The summed E-state index contributed by atoms with van der Waals surface area (Å²) in [7, 11) is 0. The highest BCUT2D eigenvalue weighted by molar-refractivity contribution is 5.76. The number of carbonyl (C=O) groups is 1. The quantitative estimate of drug-likeness (QED) is 0.0466. The molecule has 1 saturated heterocycles. The summed E-state index contributed by atoms with van der Waals surface area (Å²) >= 11 is 0. The van der Waals surface area contributed by atoms with Gasteiger partial charge < -0.3 is 40.3 Å². The molecule has 0 spiro atoms. The standard InChI is InChI=1S/C37H73NO8/c1-3-5-7-8-9-10-11-12-13-14-15-16-17-18-19-20-21-22-23-25-27-33(41)38-30(31(40)26-24-6-4-2)29-45-37-36(44)35(43)34(42)32(28-39)46-37/h30-32,34-37,39-40,42-44H,3-29H2,1-2H3,(H,38,41). The predicted molar refractivity (Wildman–Crippen MR) is 184 cm³/mol. The lowest BCUT2D eigenvalue weighted by molar-refractivity contribution is -0.302. The van der Waals surface area contributed by atoms with Crippen molar-refractivity contribution in [1.29, 1.82) is 0 Å². The number of ether oxygens (including phenoxy) is 2. The molecule has 0 bridgehead atoms. The predicted octanol–water partition coefficient (Wildman–Crippen LogP) is 6.44. The first-order chi connectivity index (χ1) is 22.3. The number of amides is 1. The van der Waals surface area contributed by atoms with Crippen LogP contribution in [0.3, 0.4) is 0 Å². The molecule has 6 N–H and O–H groups in total. The molecule has 1 aliphatic heterocycles. The van der Waals surface area contributed by atoms with Crippen molar-refractivity contribution in [3.63, 3.8) is 0 Å². The van der Waals surface area contributed by atoms with Crippen LogP contribution >= 0.6 is 0 Å². The summed E-state index contributed by atoms with van der Waals surface area (Å²) in [6.45, 7) is 3.66. The molecule has 7 atom stereocenters. The van der Waals surface area contributed by atoms with Gasteiger partial charge in [0.2, 0.25) is 5.91 Å². The van der Waals surface area contributed by atoms with Crippen LogP contribution in [-0.4, -0.2) is 87.5 Å². The van der Waals surface area contributed by atoms with Crippen LogP contribution in [0.2, 0.25) is 0 Å². The van der Waals surface area contributed by atoms with E-state index in [-0.39, 0.29) is 12.5 Å². The molecular weight excluding hydrogens is 586 g/mol. The zero-order chi connectivity index (χ0) is 33.8. The summed E-state index contributed by atoms with van der Waals surface area (Å²) in [6.07, 6.45) is 22.0. The second kappa shape index (κ2) is 29.1. The van der Waals surface area contributed by atoms with Gasteiger partial charge in [0, 0.05) is 6.42 Å². The molecule has 274 valence electrons. The third kappa shape index (κ3) is 20.5. The average Bonchev–Trinajstić information content (AvgIpc) is 3.05. The summed E-state index contributed by atoms with van der Waals surface area (Å²) in [4.78, 5) is 12.7. The summed E-state index contributed by atoms with van der Waals surface area (Å²) in [5, 5.41) is 53.4. The Labute approximate surface area is 281 Å². The van der Waals surface area contributed by atoms with Gasteiger partial charge in [-0.15, -0.1) is 0 Å². The van der Waals surface area contributed by atoms with Gasteiger partial charge in [-0.3, -0.25) is 4.79 Å². The normalized spacial score (nSPS) is 23.0. The summed E-state index contributed by atoms with van der Waals surface area (Å²) in [5.41, 5.74) is 0. The summed E-state index contributed by atoms with van der Waals surface area (Å²) in [5.74, 6) is -0.153. The van der Waals surface area contributed by atoms with Crippen molar-refractivity contribution in [1.82, 2.24) is 5.32 Å². The molecule has 0 aromatic heterocycles. The van der Waals surface area contributed by atoms with Crippen LogP contribution < -0.4 is 5.32 Å². The van der Waals surface area contributed by atoms with Gasteiger partial charge in [-0.05, 0) is 12.8 Å². The molecule has 9 nitrogen and oxygen atoms in total. The third-order valence-electron chi connectivity index (χ3n) is 9.46. The molecule has 0 aromatic rings. The fraction of sp³-hybridized carbons (Fsp3) is 0.973. The van der Waals surface area contributed by atoms with Gasteiger partial charge in [0.15, 0.2) is 6.29 Å². The highest BCUT2D eigenvalue weighted by Crippen LogP contribution is 2.23. The molecule has 46 heavy (non-hydrogen) atoms. The number of aliphatic hydroxyl groups excluding tert-OH is 5. The zero-order valence-electron chi connectivity index (χ0n) is 29.6. The minimum atomic E-state index is -1.54. The Morgan fingerprint density at radius 1 is 0.652 bits per heavy atom. The van der Waals surface area contributed by atoms with Gasteiger partial charge in [-0.2, -0.15) is 0 Å². The highest BCUT2D eigenvalue weighted by atomic mass is 16.7. The highest BCUT2D eigenvalue weighted by Gasteiger charge is 2.44. The largest absolute Gasteiger partial charge is 0.394 e. The number of rotatable bonds is 31. The van der Waals surface area contributed by atoms with E-state index < -0.39 is 49.5 Å². The van der Waals surface area contributed by atoms with E-state index in [1.807, 2.05) is 0 Å².